The number of nitrogens with zero attached hydrogens (tertiary/aromatic N) is 3. The molecule has 0 saturated carbocycles. The Morgan fingerprint density at radius 3 is 2.47 bits per heavy atom. The van der Waals surface area contributed by atoms with Crippen LogP contribution in [0.2, 0.25) is 0 Å². The maximum atomic E-state index is 12.7. The van der Waals surface area contributed by atoms with E-state index in [0.29, 0.717) is 35.8 Å². The fourth-order valence-electron chi connectivity index (χ4n) is 3.29. The van der Waals surface area contributed by atoms with Gasteiger partial charge in [-0.05, 0) is 36.4 Å². The van der Waals surface area contributed by atoms with Gasteiger partial charge in [0.25, 0.3) is 5.91 Å². The standard InChI is InChI=1S/C23H21N5O2/c24-15-17-5-1-2-6-19(17)26-18-9-10-21(25-16-18)23(29)27-20-7-3-4-8-22(20)28-11-13-30-14-12-28/h1-10,16,26H,11-14H2,(H,27,29). The van der Waals surface area contributed by atoms with Gasteiger partial charge in [-0.15, -0.1) is 0 Å². The number of para-hydroxylation sites is 3. The number of morpholine rings is 1. The van der Waals surface area contributed by atoms with Crippen molar-refractivity contribution < 1.29 is 9.53 Å². The van der Waals surface area contributed by atoms with E-state index in [0.717, 1.165) is 24.5 Å². The number of rotatable bonds is 5. The molecule has 1 aliphatic rings. The second-order valence-corrected chi connectivity index (χ2v) is 6.79. The first-order valence-electron chi connectivity index (χ1n) is 9.70. The van der Waals surface area contributed by atoms with E-state index in [1.165, 1.54) is 0 Å². The number of aromatic nitrogens is 1. The fourth-order valence-corrected chi connectivity index (χ4v) is 3.29. The van der Waals surface area contributed by atoms with Gasteiger partial charge in [-0.1, -0.05) is 24.3 Å². The Labute approximate surface area is 174 Å². The Morgan fingerprint density at radius 2 is 1.73 bits per heavy atom. The molecule has 1 saturated heterocycles. The van der Waals surface area contributed by atoms with Crippen molar-refractivity contribution >= 4 is 28.7 Å². The van der Waals surface area contributed by atoms with Gasteiger partial charge >= 0.3 is 0 Å². The topological polar surface area (TPSA) is 90.3 Å². The Morgan fingerprint density at radius 1 is 1.00 bits per heavy atom. The number of ether oxygens (including phenoxy) is 1. The molecule has 150 valence electrons. The molecule has 1 aliphatic heterocycles. The van der Waals surface area contributed by atoms with E-state index in [2.05, 4.69) is 26.6 Å². The lowest BCUT2D eigenvalue weighted by molar-refractivity contribution is 0.102. The van der Waals surface area contributed by atoms with Crippen molar-refractivity contribution in [3.05, 3.63) is 78.1 Å². The highest BCUT2D eigenvalue weighted by Gasteiger charge is 2.16. The molecule has 1 fully saturated rings. The van der Waals surface area contributed by atoms with E-state index in [1.807, 2.05) is 42.5 Å². The first-order chi connectivity index (χ1) is 14.7. The van der Waals surface area contributed by atoms with Crippen molar-refractivity contribution in [2.24, 2.45) is 0 Å². The molecular weight excluding hydrogens is 378 g/mol. The molecule has 1 amide bonds. The second-order valence-electron chi connectivity index (χ2n) is 6.79. The van der Waals surface area contributed by atoms with Crippen molar-refractivity contribution in [1.82, 2.24) is 4.98 Å². The number of carbonyl (C=O) groups excluding carboxylic acids is 1. The Kier molecular flexibility index (Phi) is 5.88. The summed E-state index contributed by atoms with van der Waals surface area (Å²) in [5.74, 6) is -0.278. The molecule has 3 aromatic rings. The van der Waals surface area contributed by atoms with Crippen LogP contribution in [0.5, 0.6) is 0 Å². The predicted molar refractivity (Wildman–Crippen MR) is 116 cm³/mol. The van der Waals surface area contributed by atoms with E-state index in [4.69, 9.17) is 4.74 Å². The summed E-state index contributed by atoms with van der Waals surface area (Å²) in [4.78, 5) is 19.2. The summed E-state index contributed by atoms with van der Waals surface area (Å²) >= 11 is 0. The largest absolute Gasteiger partial charge is 0.378 e. The quantitative estimate of drug-likeness (QED) is 0.678. The van der Waals surface area contributed by atoms with E-state index < -0.39 is 0 Å². The van der Waals surface area contributed by atoms with E-state index >= 15 is 0 Å². The lowest BCUT2D eigenvalue weighted by Gasteiger charge is -2.30. The number of hydrogen-bond donors (Lipinski definition) is 2. The molecule has 0 atom stereocenters. The van der Waals surface area contributed by atoms with Crippen LogP contribution >= 0.6 is 0 Å². The molecule has 0 spiro atoms. The summed E-state index contributed by atoms with van der Waals surface area (Å²) < 4.78 is 5.42. The van der Waals surface area contributed by atoms with Crippen LogP contribution in [0, 0.1) is 11.3 Å². The van der Waals surface area contributed by atoms with E-state index in [9.17, 15) is 10.1 Å². The predicted octanol–water partition coefficient (Wildman–Crippen LogP) is 3.79. The molecule has 30 heavy (non-hydrogen) atoms. The normalized spacial score (nSPS) is 13.4. The number of amides is 1. The molecule has 0 radical (unpaired) electrons. The smallest absolute Gasteiger partial charge is 0.274 e. The van der Waals surface area contributed by atoms with Crippen LogP contribution in [-0.4, -0.2) is 37.2 Å². The first kappa shape index (κ1) is 19.4. The van der Waals surface area contributed by atoms with Gasteiger partial charge in [-0.25, -0.2) is 4.98 Å². The zero-order valence-corrected chi connectivity index (χ0v) is 16.3. The summed E-state index contributed by atoms with van der Waals surface area (Å²) in [7, 11) is 0. The molecular formula is C23H21N5O2. The van der Waals surface area contributed by atoms with Gasteiger partial charge in [-0.2, -0.15) is 5.26 Å². The van der Waals surface area contributed by atoms with Gasteiger partial charge in [-0.3, -0.25) is 4.79 Å². The van der Waals surface area contributed by atoms with E-state index in [1.54, 1.807) is 24.4 Å². The number of hydrogen-bond acceptors (Lipinski definition) is 6. The molecule has 2 aromatic carbocycles. The molecule has 0 bridgehead atoms. The van der Waals surface area contributed by atoms with Crippen LogP contribution in [0.25, 0.3) is 0 Å². The summed E-state index contributed by atoms with van der Waals surface area (Å²) in [6, 6.07) is 20.5. The summed E-state index contributed by atoms with van der Waals surface area (Å²) in [5, 5.41) is 15.3. The van der Waals surface area contributed by atoms with Gasteiger partial charge in [0.1, 0.15) is 11.8 Å². The van der Waals surface area contributed by atoms with Crippen molar-refractivity contribution in [2.45, 2.75) is 0 Å². The highest BCUT2D eigenvalue weighted by molar-refractivity contribution is 6.04. The van der Waals surface area contributed by atoms with Gasteiger partial charge in [0, 0.05) is 13.1 Å². The third-order valence-electron chi connectivity index (χ3n) is 4.83. The van der Waals surface area contributed by atoms with Crippen LogP contribution in [0.15, 0.2) is 66.9 Å². The zero-order valence-electron chi connectivity index (χ0n) is 16.3. The third kappa shape index (κ3) is 4.40. The zero-order chi connectivity index (χ0) is 20.8. The number of anilines is 4. The molecule has 7 heteroatoms. The van der Waals surface area contributed by atoms with Crippen LogP contribution in [0.4, 0.5) is 22.7 Å². The number of nitrogens with one attached hydrogen (secondary N) is 2. The summed E-state index contributed by atoms with van der Waals surface area (Å²) in [6.07, 6.45) is 1.58. The van der Waals surface area contributed by atoms with Crippen molar-refractivity contribution in [3.63, 3.8) is 0 Å². The highest BCUT2D eigenvalue weighted by atomic mass is 16.5. The van der Waals surface area contributed by atoms with E-state index in [-0.39, 0.29) is 5.91 Å². The minimum atomic E-state index is -0.278. The summed E-state index contributed by atoms with van der Waals surface area (Å²) in [5.41, 5.74) is 3.96. The van der Waals surface area contributed by atoms with Crippen molar-refractivity contribution in [1.29, 1.82) is 5.26 Å². The number of benzene rings is 2. The third-order valence-corrected chi connectivity index (χ3v) is 4.83. The van der Waals surface area contributed by atoms with Gasteiger partial charge in [0.05, 0.1) is 47.7 Å². The fraction of sp³-hybridized carbons (Fsp3) is 0.174. The van der Waals surface area contributed by atoms with Gasteiger partial charge < -0.3 is 20.3 Å². The number of pyridine rings is 1. The highest BCUT2D eigenvalue weighted by Crippen LogP contribution is 2.27. The lowest BCUT2D eigenvalue weighted by Crippen LogP contribution is -2.36. The minimum absolute atomic E-state index is 0.278. The lowest BCUT2D eigenvalue weighted by atomic mass is 10.2. The maximum absolute atomic E-state index is 12.7. The minimum Gasteiger partial charge on any atom is -0.378 e. The molecule has 2 heterocycles. The van der Waals surface area contributed by atoms with Crippen molar-refractivity contribution in [3.8, 4) is 6.07 Å². The van der Waals surface area contributed by atoms with Crippen LogP contribution < -0.4 is 15.5 Å². The number of nitriles is 1. The number of carbonyl (C=O) groups is 1. The average Bonchev–Trinajstić information content (AvgIpc) is 2.81. The molecule has 1 aromatic heterocycles. The van der Waals surface area contributed by atoms with Crippen LogP contribution in [0.1, 0.15) is 16.1 Å². The second kappa shape index (κ2) is 9.07. The molecule has 7 nitrogen and oxygen atoms in total. The molecule has 2 N–H and O–H groups in total. The maximum Gasteiger partial charge on any atom is 0.274 e. The monoisotopic (exact) mass is 399 g/mol. The Hall–Kier alpha value is -3.89. The van der Waals surface area contributed by atoms with Crippen molar-refractivity contribution in [2.75, 3.05) is 41.8 Å². The molecule has 4 rings (SSSR count). The molecule has 0 aliphatic carbocycles. The van der Waals surface area contributed by atoms with Gasteiger partial charge in [0.2, 0.25) is 0 Å². The van der Waals surface area contributed by atoms with Crippen LogP contribution in [-0.2, 0) is 4.74 Å². The molecule has 0 unspecified atom stereocenters. The first-order valence-corrected chi connectivity index (χ1v) is 9.70. The average molecular weight is 399 g/mol. The van der Waals surface area contributed by atoms with Gasteiger partial charge in [0.15, 0.2) is 0 Å². The Balaban J connectivity index is 1.47. The van der Waals surface area contributed by atoms with Crippen LogP contribution in [0.3, 0.4) is 0 Å². The Bertz CT molecular complexity index is 1070. The SMILES string of the molecule is N#Cc1ccccc1Nc1ccc(C(=O)Nc2ccccc2N2CCOCC2)nc1. The summed E-state index contributed by atoms with van der Waals surface area (Å²) in [6.45, 7) is 2.92.